The van der Waals surface area contributed by atoms with E-state index in [-0.39, 0.29) is 28.6 Å². The number of thioether (sulfide) groups is 1. The fraction of sp³-hybridized carbons (Fsp3) is 0.636. The molecule has 1 saturated carbocycles. The quantitative estimate of drug-likeness (QED) is 0.686. The van der Waals surface area contributed by atoms with Crippen molar-refractivity contribution in [3.05, 3.63) is 35.4 Å². The van der Waals surface area contributed by atoms with Gasteiger partial charge in [-0.05, 0) is 35.8 Å². The van der Waals surface area contributed by atoms with Crippen LogP contribution in [0.2, 0.25) is 0 Å². The van der Waals surface area contributed by atoms with Crippen LogP contribution in [0.4, 0.5) is 0 Å². The van der Waals surface area contributed by atoms with Crippen molar-refractivity contribution >= 4 is 23.6 Å². The number of hydrogen-bond donors (Lipinski definition) is 0. The van der Waals surface area contributed by atoms with Crippen molar-refractivity contribution in [1.29, 1.82) is 0 Å². The number of carbonyl (C=O) groups excluding carboxylic acids is 2. The van der Waals surface area contributed by atoms with Gasteiger partial charge in [-0.15, -0.1) is 11.8 Å². The molecule has 3 rings (SSSR count). The summed E-state index contributed by atoms with van der Waals surface area (Å²) in [6.45, 7) is 8.97. The Hall–Kier alpha value is -1.49. The van der Waals surface area contributed by atoms with Gasteiger partial charge in [-0.2, -0.15) is 0 Å². The lowest BCUT2D eigenvalue weighted by Crippen LogP contribution is -2.47. The van der Waals surface area contributed by atoms with E-state index in [1.54, 1.807) is 11.8 Å². The summed E-state index contributed by atoms with van der Waals surface area (Å²) in [5.41, 5.74) is 2.45. The summed E-state index contributed by atoms with van der Waals surface area (Å²) >= 11 is 1.67. The molecule has 1 aromatic rings. The van der Waals surface area contributed by atoms with Gasteiger partial charge < -0.3 is 9.64 Å². The number of esters is 1. The fourth-order valence-electron chi connectivity index (χ4n) is 3.53. The van der Waals surface area contributed by atoms with E-state index in [0.29, 0.717) is 12.4 Å². The summed E-state index contributed by atoms with van der Waals surface area (Å²) < 4.78 is 5.39. The topological polar surface area (TPSA) is 46.6 Å². The Morgan fingerprint density at radius 2 is 1.85 bits per heavy atom. The van der Waals surface area contributed by atoms with Gasteiger partial charge in [-0.1, -0.05) is 58.4 Å². The molecule has 1 heterocycles. The highest BCUT2D eigenvalue weighted by atomic mass is 32.2. The van der Waals surface area contributed by atoms with Gasteiger partial charge in [0.05, 0.1) is 6.61 Å². The van der Waals surface area contributed by atoms with Crippen LogP contribution in [-0.4, -0.2) is 35.2 Å². The average molecular weight is 390 g/mol. The van der Waals surface area contributed by atoms with Crippen LogP contribution in [-0.2, 0) is 19.7 Å². The molecule has 27 heavy (non-hydrogen) atoms. The zero-order chi connectivity index (χ0) is 19.6. The van der Waals surface area contributed by atoms with E-state index >= 15 is 0 Å². The summed E-state index contributed by atoms with van der Waals surface area (Å²) in [7, 11) is 0. The second-order valence-corrected chi connectivity index (χ2v) is 9.73. The number of rotatable bonds is 5. The van der Waals surface area contributed by atoms with E-state index in [0.717, 1.165) is 31.2 Å². The summed E-state index contributed by atoms with van der Waals surface area (Å²) in [5.74, 6) is 0.536. The Bertz CT molecular complexity index is 676. The maximum Gasteiger partial charge on any atom is 0.329 e. The number of carbonyl (C=O) groups is 2. The Kier molecular flexibility index (Phi) is 6.19. The summed E-state index contributed by atoms with van der Waals surface area (Å²) in [6, 6.07) is 8.04. The van der Waals surface area contributed by atoms with Crippen molar-refractivity contribution in [3.63, 3.8) is 0 Å². The minimum absolute atomic E-state index is 0.0709. The number of amides is 1. The second kappa shape index (κ2) is 8.26. The van der Waals surface area contributed by atoms with Crippen LogP contribution in [0.5, 0.6) is 0 Å². The van der Waals surface area contributed by atoms with Crippen LogP contribution < -0.4 is 0 Å². The van der Waals surface area contributed by atoms with Gasteiger partial charge in [0.15, 0.2) is 0 Å². The maximum atomic E-state index is 13.1. The van der Waals surface area contributed by atoms with E-state index < -0.39 is 6.04 Å². The summed E-state index contributed by atoms with van der Waals surface area (Å²) in [6.07, 6.45) is 3.77. The molecule has 1 aliphatic heterocycles. The largest absolute Gasteiger partial charge is 0.464 e. The van der Waals surface area contributed by atoms with Crippen molar-refractivity contribution in [1.82, 2.24) is 4.90 Å². The zero-order valence-electron chi connectivity index (χ0n) is 16.9. The first kappa shape index (κ1) is 20.2. The third-order valence-electron chi connectivity index (χ3n) is 5.49. The zero-order valence-corrected chi connectivity index (χ0v) is 17.7. The van der Waals surface area contributed by atoms with Crippen molar-refractivity contribution in [2.75, 3.05) is 12.4 Å². The maximum absolute atomic E-state index is 13.1. The third-order valence-corrected chi connectivity index (χ3v) is 6.81. The van der Waals surface area contributed by atoms with E-state index in [1.807, 2.05) is 11.8 Å². The first-order chi connectivity index (χ1) is 12.8. The smallest absolute Gasteiger partial charge is 0.329 e. The number of nitrogens with zero attached hydrogens (tertiary/aromatic N) is 1. The molecule has 0 radical (unpaired) electrons. The van der Waals surface area contributed by atoms with Gasteiger partial charge in [0.25, 0.3) is 0 Å². The fourth-order valence-corrected chi connectivity index (χ4v) is 4.95. The van der Waals surface area contributed by atoms with Gasteiger partial charge in [-0.3, -0.25) is 4.79 Å². The monoisotopic (exact) mass is 389 g/mol. The molecule has 0 N–H and O–H groups in total. The van der Waals surface area contributed by atoms with Crippen LogP contribution in [0.15, 0.2) is 24.3 Å². The Labute approximate surface area is 167 Å². The van der Waals surface area contributed by atoms with Crippen molar-refractivity contribution in [3.8, 4) is 0 Å². The van der Waals surface area contributed by atoms with Gasteiger partial charge in [0.2, 0.25) is 5.91 Å². The summed E-state index contributed by atoms with van der Waals surface area (Å²) in [4.78, 5) is 27.5. The van der Waals surface area contributed by atoms with Crippen LogP contribution >= 0.6 is 11.8 Å². The Morgan fingerprint density at radius 3 is 2.37 bits per heavy atom. The number of hydrogen-bond acceptors (Lipinski definition) is 4. The third kappa shape index (κ3) is 4.34. The van der Waals surface area contributed by atoms with E-state index in [9.17, 15) is 9.59 Å². The van der Waals surface area contributed by atoms with E-state index in [2.05, 4.69) is 45.0 Å². The van der Waals surface area contributed by atoms with Gasteiger partial charge in [-0.25, -0.2) is 4.79 Å². The molecule has 0 bridgehead atoms. The SMILES string of the molecule is CCCOC(=O)C1CSC(c2ccc(C(C)(C)C)cc2)N1C(=O)C1CCC1. The lowest BCUT2D eigenvalue weighted by Gasteiger charge is -2.35. The lowest BCUT2D eigenvalue weighted by atomic mass is 9.84. The minimum atomic E-state index is -0.470. The Morgan fingerprint density at radius 1 is 1.19 bits per heavy atom. The molecule has 1 aliphatic carbocycles. The molecule has 0 spiro atoms. The molecular formula is C22H31NO3S. The van der Waals surface area contributed by atoms with E-state index in [1.165, 1.54) is 5.56 Å². The van der Waals surface area contributed by atoms with E-state index in [4.69, 9.17) is 4.74 Å². The predicted molar refractivity (Wildman–Crippen MR) is 110 cm³/mol. The molecule has 1 amide bonds. The molecule has 5 heteroatoms. The van der Waals surface area contributed by atoms with Gasteiger partial charge in [0, 0.05) is 11.7 Å². The molecule has 1 aromatic carbocycles. The highest BCUT2D eigenvalue weighted by molar-refractivity contribution is 7.99. The van der Waals surface area contributed by atoms with Gasteiger partial charge in [0.1, 0.15) is 11.4 Å². The van der Waals surface area contributed by atoms with Crippen LogP contribution in [0, 0.1) is 5.92 Å². The number of benzene rings is 1. The van der Waals surface area contributed by atoms with Gasteiger partial charge >= 0.3 is 5.97 Å². The first-order valence-electron chi connectivity index (χ1n) is 10.0. The first-order valence-corrected chi connectivity index (χ1v) is 11.1. The molecule has 2 unspecified atom stereocenters. The molecule has 4 nitrogen and oxygen atoms in total. The highest BCUT2D eigenvalue weighted by Gasteiger charge is 2.45. The number of ether oxygens (including phenoxy) is 1. The van der Waals surface area contributed by atoms with Crippen LogP contribution in [0.1, 0.15) is 69.9 Å². The van der Waals surface area contributed by atoms with Crippen LogP contribution in [0.3, 0.4) is 0 Å². The normalized spacial score (nSPS) is 23.2. The highest BCUT2D eigenvalue weighted by Crippen LogP contribution is 2.44. The second-order valence-electron chi connectivity index (χ2n) is 8.61. The van der Waals surface area contributed by atoms with Crippen molar-refractivity contribution in [2.24, 2.45) is 5.92 Å². The Balaban J connectivity index is 1.84. The van der Waals surface area contributed by atoms with Crippen LogP contribution in [0.25, 0.3) is 0 Å². The minimum Gasteiger partial charge on any atom is -0.464 e. The van der Waals surface area contributed by atoms with Crippen molar-refractivity contribution in [2.45, 2.75) is 70.2 Å². The van der Waals surface area contributed by atoms with Crippen molar-refractivity contribution < 1.29 is 14.3 Å². The molecule has 2 aliphatic rings. The molecule has 1 saturated heterocycles. The molecule has 148 valence electrons. The molecular weight excluding hydrogens is 358 g/mol. The molecule has 2 fully saturated rings. The predicted octanol–water partition coefficient (Wildman–Crippen LogP) is 4.68. The molecule has 2 atom stereocenters. The standard InChI is InChI=1S/C22H31NO3S/c1-5-13-26-21(25)18-14-27-20(23(18)19(24)15-7-6-8-15)16-9-11-17(12-10-16)22(2,3)4/h9-12,15,18,20H,5-8,13-14H2,1-4H3. The summed E-state index contributed by atoms with van der Waals surface area (Å²) in [5, 5.41) is -0.105. The average Bonchev–Trinajstić information content (AvgIpc) is 3.02. The lowest BCUT2D eigenvalue weighted by molar-refractivity contribution is -0.156. The molecule has 0 aromatic heterocycles.